The van der Waals surface area contributed by atoms with Crippen molar-refractivity contribution in [3.8, 4) is 0 Å². The molecule has 1 saturated heterocycles. The zero-order valence-corrected chi connectivity index (χ0v) is 10.2. The summed E-state index contributed by atoms with van der Waals surface area (Å²) in [5, 5.41) is 0. The molecule has 0 saturated carbocycles. The standard InChI is InChI=1S/C14H15F2NO/c1-17-3-2-8-4-13(18)14-10(11(8)7-17)5-9(15)6-12(14)16/h5-6,8,11H,2-4,7H2,1H3/t8-,11-/m1/s1. The van der Waals surface area contributed by atoms with Crippen molar-refractivity contribution in [2.45, 2.75) is 18.8 Å². The van der Waals surface area contributed by atoms with E-state index >= 15 is 0 Å². The zero-order valence-electron chi connectivity index (χ0n) is 10.2. The maximum Gasteiger partial charge on any atom is 0.166 e. The second kappa shape index (κ2) is 4.12. The van der Waals surface area contributed by atoms with E-state index in [1.54, 1.807) is 0 Å². The number of hydrogen-bond donors (Lipinski definition) is 0. The first-order chi connectivity index (χ1) is 8.56. The lowest BCUT2D eigenvalue weighted by Crippen LogP contribution is -2.40. The number of nitrogens with zero attached hydrogens (tertiary/aromatic N) is 1. The van der Waals surface area contributed by atoms with Crippen molar-refractivity contribution in [2.24, 2.45) is 5.92 Å². The number of carbonyl (C=O) groups excluding carboxylic acids is 1. The molecule has 2 atom stereocenters. The molecule has 1 aliphatic carbocycles. The van der Waals surface area contributed by atoms with E-state index in [-0.39, 0.29) is 23.2 Å². The van der Waals surface area contributed by atoms with Crippen molar-refractivity contribution in [2.75, 3.05) is 20.1 Å². The van der Waals surface area contributed by atoms with Gasteiger partial charge in [0.2, 0.25) is 0 Å². The van der Waals surface area contributed by atoms with Crippen molar-refractivity contribution in [3.05, 3.63) is 34.9 Å². The highest BCUT2D eigenvalue weighted by Crippen LogP contribution is 2.41. The Morgan fingerprint density at radius 2 is 2.11 bits per heavy atom. The summed E-state index contributed by atoms with van der Waals surface area (Å²) in [5.41, 5.74) is 0.688. The number of likely N-dealkylation sites (tertiary alicyclic amines) is 1. The van der Waals surface area contributed by atoms with Crippen LogP contribution in [0.4, 0.5) is 8.78 Å². The predicted octanol–water partition coefficient (Wildman–Crippen LogP) is 2.59. The summed E-state index contributed by atoms with van der Waals surface area (Å²) in [6.45, 7) is 1.72. The van der Waals surface area contributed by atoms with Gasteiger partial charge in [-0.25, -0.2) is 8.78 Å². The molecule has 0 amide bonds. The lowest BCUT2D eigenvalue weighted by Gasteiger charge is -2.40. The SMILES string of the molecule is CN1CC[C@@H]2CC(=O)c3c(F)cc(F)cc3[C@@H]2C1. The van der Waals surface area contributed by atoms with Crippen molar-refractivity contribution >= 4 is 5.78 Å². The summed E-state index contributed by atoms with van der Waals surface area (Å²) in [6.07, 6.45) is 1.32. The number of Topliss-reactive ketones (excluding diaryl/α,β-unsaturated/α-hetero) is 1. The number of fused-ring (bicyclic) bond motifs is 3. The monoisotopic (exact) mass is 251 g/mol. The molecule has 96 valence electrons. The molecule has 0 spiro atoms. The summed E-state index contributed by atoms with van der Waals surface area (Å²) in [6, 6.07) is 2.15. The summed E-state index contributed by atoms with van der Waals surface area (Å²) >= 11 is 0. The van der Waals surface area contributed by atoms with Crippen LogP contribution in [0.5, 0.6) is 0 Å². The third kappa shape index (κ3) is 1.75. The Morgan fingerprint density at radius 1 is 1.33 bits per heavy atom. The van der Waals surface area contributed by atoms with Gasteiger partial charge >= 0.3 is 0 Å². The van der Waals surface area contributed by atoms with Gasteiger partial charge in [0.15, 0.2) is 5.78 Å². The molecule has 2 nitrogen and oxygen atoms in total. The Hall–Kier alpha value is -1.29. The molecule has 1 aromatic carbocycles. The van der Waals surface area contributed by atoms with Crippen LogP contribution in [0, 0.1) is 17.6 Å². The molecule has 3 rings (SSSR count). The Labute approximate surface area is 105 Å². The predicted molar refractivity (Wildman–Crippen MR) is 63.7 cm³/mol. The van der Waals surface area contributed by atoms with Crippen LogP contribution >= 0.6 is 0 Å². The number of hydrogen-bond acceptors (Lipinski definition) is 2. The quantitative estimate of drug-likeness (QED) is 0.706. The topological polar surface area (TPSA) is 20.3 Å². The molecular weight excluding hydrogens is 236 g/mol. The molecule has 0 unspecified atom stereocenters. The zero-order chi connectivity index (χ0) is 12.9. The maximum absolute atomic E-state index is 13.8. The highest BCUT2D eigenvalue weighted by molar-refractivity contribution is 5.99. The second-order valence-corrected chi connectivity index (χ2v) is 5.40. The van der Waals surface area contributed by atoms with Gasteiger partial charge in [0.05, 0.1) is 5.56 Å². The van der Waals surface area contributed by atoms with Gasteiger partial charge < -0.3 is 4.90 Å². The first-order valence-corrected chi connectivity index (χ1v) is 6.27. The third-order valence-electron chi connectivity index (χ3n) is 4.17. The van der Waals surface area contributed by atoms with E-state index in [9.17, 15) is 13.6 Å². The number of piperidine rings is 1. The van der Waals surface area contributed by atoms with Crippen molar-refractivity contribution < 1.29 is 13.6 Å². The third-order valence-corrected chi connectivity index (χ3v) is 4.17. The van der Waals surface area contributed by atoms with Crippen LogP contribution in [-0.2, 0) is 0 Å². The Balaban J connectivity index is 2.12. The van der Waals surface area contributed by atoms with Crippen LogP contribution in [0.25, 0.3) is 0 Å². The van der Waals surface area contributed by atoms with Crippen molar-refractivity contribution in [1.82, 2.24) is 4.90 Å². The molecule has 0 radical (unpaired) electrons. The van der Waals surface area contributed by atoms with E-state index in [1.165, 1.54) is 6.07 Å². The Morgan fingerprint density at radius 3 is 2.89 bits per heavy atom. The highest BCUT2D eigenvalue weighted by Gasteiger charge is 2.38. The van der Waals surface area contributed by atoms with Crippen LogP contribution < -0.4 is 0 Å². The van der Waals surface area contributed by atoms with Gasteiger partial charge in [-0.2, -0.15) is 0 Å². The number of halogens is 2. The lowest BCUT2D eigenvalue weighted by molar-refractivity contribution is 0.0881. The lowest BCUT2D eigenvalue weighted by atomic mass is 9.71. The van der Waals surface area contributed by atoms with E-state index in [2.05, 4.69) is 4.90 Å². The number of likely N-dealkylation sites (N-methyl/N-ethyl adjacent to an activating group) is 1. The van der Waals surface area contributed by atoms with Gasteiger partial charge in [0.1, 0.15) is 11.6 Å². The number of benzene rings is 1. The fourth-order valence-electron chi connectivity index (χ4n) is 3.28. The van der Waals surface area contributed by atoms with Gasteiger partial charge in [-0.05, 0) is 37.6 Å². The Kier molecular flexibility index (Phi) is 2.70. The average molecular weight is 251 g/mol. The van der Waals surface area contributed by atoms with E-state index in [0.717, 1.165) is 25.6 Å². The molecule has 1 fully saturated rings. The summed E-state index contributed by atoms with van der Waals surface area (Å²) in [5.74, 6) is -1.15. The fraction of sp³-hybridized carbons (Fsp3) is 0.500. The van der Waals surface area contributed by atoms with Gasteiger partial charge in [-0.1, -0.05) is 0 Å². The molecule has 0 bridgehead atoms. The molecule has 1 aliphatic heterocycles. The minimum Gasteiger partial charge on any atom is -0.306 e. The summed E-state index contributed by atoms with van der Waals surface area (Å²) in [4.78, 5) is 14.1. The molecule has 18 heavy (non-hydrogen) atoms. The van der Waals surface area contributed by atoms with Crippen LogP contribution in [0.3, 0.4) is 0 Å². The number of rotatable bonds is 0. The average Bonchev–Trinajstić information content (AvgIpc) is 2.29. The van der Waals surface area contributed by atoms with Crippen LogP contribution in [0.1, 0.15) is 34.7 Å². The first-order valence-electron chi connectivity index (χ1n) is 6.27. The molecule has 2 aliphatic rings. The minimum absolute atomic E-state index is 0.0849. The van der Waals surface area contributed by atoms with Gasteiger partial charge in [0.25, 0.3) is 0 Å². The molecule has 0 aromatic heterocycles. The van der Waals surface area contributed by atoms with Gasteiger partial charge in [-0.3, -0.25) is 4.79 Å². The highest BCUT2D eigenvalue weighted by atomic mass is 19.1. The second-order valence-electron chi connectivity index (χ2n) is 5.40. The first kappa shape index (κ1) is 11.8. The molecule has 4 heteroatoms. The normalized spacial score (nSPS) is 27.8. The Bertz CT molecular complexity index is 515. The van der Waals surface area contributed by atoms with Crippen molar-refractivity contribution in [3.63, 3.8) is 0 Å². The minimum atomic E-state index is -0.707. The van der Waals surface area contributed by atoms with Crippen molar-refractivity contribution in [1.29, 1.82) is 0 Å². The molecule has 1 aromatic rings. The summed E-state index contributed by atoms with van der Waals surface area (Å²) < 4.78 is 27.1. The smallest absolute Gasteiger partial charge is 0.166 e. The molecule has 0 N–H and O–H groups in total. The van der Waals surface area contributed by atoms with Crippen LogP contribution in [0.2, 0.25) is 0 Å². The number of carbonyl (C=O) groups is 1. The van der Waals surface area contributed by atoms with E-state index in [0.29, 0.717) is 12.0 Å². The van der Waals surface area contributed by atoms with Crippen LogP contribution in [0.15, 0.2) is 12.1 Å². The van der Waals surface area contributed by atoms with Gasteiger partial charge in [-0.15, -0.1) is 0 Å². The van der Waals surface area contributed by atoms with Crippen LogP contribution in [-0.4, -0.2) is 30.8 Å². The van der Waals surface area contributed by atoms with E-state index in [1.807, 2.05) is 7.05 Å². The molecular formula is C14H15F2NO. The number of ketones is 1. The maximum atomic E-state index is 13.8. The summed E-state index contributed by atoms with van der Waals surface area (Å²) in [7, 11) is 2.00. The van der Waals surface area contributed by atoms with E-state index < -0.39 is 11.6 Å². The largest absolute Gasteiger partial charge is 0.306 e. The fourth-order valence-corrected chi connectivity index (χ4v) is 3.28. The molecule has 1 heterocycles. The van der Waals surface area contributed by atoms with Gasteiger partial charge in [0, 0.05) is 24.9 Å². The van der Waals surface area contributed by atoms with E-state index in [4.69, 9.17) is 0 Å².